The Morgan fingerprint density at radius 3 is 2.67 bits per heavy atom. The zero-order valence-electron chi connectivity index (χ0n) is 14.0. The molecule has 0 saturated carbocycles. The van der Waals surface area contributed by atoms with Gasteiger partial charge in [-0.25, -0.2) is 0 Å². The number of amides is 1. The van der Waals surface area contributed by atoms with Crippen LogP contribution < -0.4 is 10.1 Å². The minimum Gasteiger partial charge on any atom is -0.494 e. The number of carbonyl (C=O) groups excluding carboxylic acids is 1. The molecule has 0 spiro atoms. The fourth-order valence-corrected chi connectivity index (χ4v) is 2.68. The van der Waals surface area contributed by atoms with Crippen LogP contribution in [0.1, 0.15) is 18.2 Å². The highest BCUT2D eigenvalue weighted by molar-refractivity contribution is 5.84. The van der Waals surface area contributed by atoms with Gasteiger partial charge in [-0.05, 0) is 37.6 Å². The van der Waals surface area contributed by atoms with Crippen molar-refractivity contribution in [1.82, 2.24) is 15.1 Å². The molecule has 2 aromatic carbocycles. The number of hydrogen-bond acceptors (Lipinski definition) is 3. The predicted octanol–water partition coefficient (Wildman–Crippen LogP) is 3.06. The van der Waals surface area contributed by atoms with E-state index in [4.69, 9.17) is 4.74 Å². The molecule has 0 aliphatic heterocycles. The number of fused-ring (bicyclic) bond motifs is 1. The van der Waals surface area contributed by atoms with Crippen molar-refractivity contribution in [2.45, 2.75) is 26.9 Å². The molecule has 0 fully saturated rings. The van der Waals surface area contributed by atoms with Crippen LogP contribution in [0, 0.1) is 6.92 Å². The lowest BCUT2D eigenvalue weighted by Crippen LogP contribution is -2.27. The maximum Gasteiger partial charge on any atom is 0.242 e. The third-order valence-corrected chi connectivity index (χ3v) is 3.86. The number of nitrogens with one attached hydrogen (secondary N) is 1. The van der Waals surface area contributed by atoms with Gasteiger partial charge in [-0.1, -0.05) is 30.3 Å². The minimum absolute atomic E-state index is 0.0582. The Morgan fingerprint density at radius 1 is 1.17 bits per heavy atom. The van der Waals surface area contributed by atoms with Gasteiger partial charge in [0, 0.05) is 11.9 Å². The Labute approximate surface area is 141 Å². The quantitative estimate of drug-likeness (QED) is 0.758. The monoisotopic (exact) mass is 323 g/mol. The van der Waals surface area contributed by atoms with E-state index < -0.39 is 0 Å². The van der Waals surface area contributed by atoms with E-state index in [0.717, 1.165) is 27.9 Å². The van der Waals surface area contributed by atoms with E-state index in [0.29, 0.717) is 13.2 Å². The van der Waals surface area contributed by atoms with Crippen molar-refractivity contribution in [3.63, 3.8) is 0 Å². The number of nitrogens with zero attached hydrogens (tertiary/aromatic N) is 2. The lowest BCUT2D eigenvalue weighted by atomic mass is 10.2. The van der Waals surface area contributed by atoms with Crippen LogP contribution in [-0.4, -0.2) is 22.3 Å². The molecule has 0 saturated heterocycles. The molecule has 124 valence electrons. The molecule has 3 aromatic rings. The van der Waals surface area contributed by atoms with Crippen LogP contribution in [0.15, 0.2) is 48.5 Å². The summed E-state index contributed by atoms with van der Waals surface area (Å²) in [5.74, 6) is 0.781. The van der Waals surface area contributed by atoms with Crippen molar-refractivity contribution in [3.05, 3.63) is 59.8 Å². The molecule has 0 aliphatic rings. The second-order valence-electron chi connectivity index (χ2n) is 5.61. The molecule has 1 heterocycles. The maximum atomic E-state index is 12.2. The summed E-state index contributed by atoms with van der Waals surface area (Å²) < 4.78 is 7.16. The highest BCUT2D eigenvalue weighted by atomic mass is 16.5. The van der Waals surface area contributed by atoms with Gasteiger partial charge in [0.2, 0.25) is 5.91 Å². The molecule has 0 aliphatic carbocycles. The van der Waals surface area contributed by atoms with Crippen LogP contribution in [0.2, 0.25) is 0 Å². The summed E-state index contributed by atoms with van der Waals surface area (Å²) in [6.45, 7) is 5.26. The van der Waals surface area contributed by atoms with E-state index in [1.165, 1.54) is 0 Å². The highest BCUT2D eigenvalue weighted by Gasteiger charge is 2.10. The first-order valence-electron chi connectivity index (χ1n) is 8.08. The SMILES string of the molecule is CCOc1ccc(CNC(=O)Cn2nc(C)c3ccccc32)cc1. The summed E-state index contributed by atoms with van der Waals surface area (Å²) in [4.78, 5) is 12.2. The molecule has 3 rings (SSSR count). The van der Waals surface area contributed by atoms with E-state index in [-0.39, 0.29) is 12.5 Å². The van der Waals surface area contributed by atoms with Crippen molar-refractivity contribution in [2.75, 3.05) is 6.61 Å². The first kappa shape index (κ1) is 16.1. The van der Waals surface area contributed by atoms with Crippen molar-refractivity contribution < 1.29 is 9.53 Å². The van der Waals surface area contributed by atoms with Crippen LogP contribution in [0.25, 0.3) is 10.9 Å². The number of para-hydroxylation sites is 1. The smallest absolute Gasteiger partial charge is 0.242 e. The van der Waals surface area contributed by atoms with E-state index in [2.05, 4.69) is 10.4 Å². The van der Waals surface area contributed by atoms with Crippen LogP contribution in [0.5, 0.6) is 5.75 Å². The number of benzene rings is 2. The molecule has 5 nitrogen and oxygen atoms in total. The molecule has 0 atom stereocenters. The number of rotatable bonds is 6. The highest BCUT2D eigenvalue weighted by Crippen LogP contribution is 2.17. The summed E-state index contributed by atoms with van der Waals surface area (Å²) in [5, 5.41) is 8.47. The van der Waals surface area contributed by atoms with Gasteiger partial charge in [0.05, 0.1) is 17.8 Å². The molecule has 1 N–H and O–H groups in total. The molecular formula is C19H21N3O2. The van der Waals surface area contributed by atoms with Gasteiger partial charge in [-0.15, -0.1) is 0 Å². The van der Waals surface area contributed by atoms with Crippen LogP contribution in [-0.2, 0) is 17.9 Å². The fourth-order valence-electron chi connectivity index (χ4n) is 2.68. The van der Waals surface area contributed by atoms with Gasteiger partial charge in [0.1, 0.15) is 12.3 Å². The Balaban J connectivity index is 1.61. The summed E-state index contributed by atoms with van der Waals surface area (Å²) in [6.07, 6.45) is 0. The van der Waals surface area contributed by atoms with Crippen LogP contribution in [0.3, 0.4) is 0 Å². The summed E-state index contributed by atoms with van der Waals surface area (Å²) in [5.41, 5.74) is 2.95. The van der Waals surface area contributed by atoms with E-state index in [1.807, 2.05) is 62.4 Å². The first-order chi connectivity index (χ1) is 11.7. The molecule has 0 bridgehead atoms. The number of aromatic nitrogens is 2. The largest absolute Gasteiger partial charge is 0.494 e. The lowest BCUT2D eigenvalue weighted by Gasteiger charge is -2.08. The van der Waals surface area contributed by atoms with Gasteiger partial charge in [0.25, 0.3) is 0 Å². The second kappa shape index (κ2) is 7.17. The van der Waals surface area contributed by atoms with Crippen molar-refractivity contribution >= 4 is 16.8 Å². The van der Waals surface area contributed by atoms with Crippen LogP contribution >= 0.6 is 0 Å². The van der Waals surface area contributed by atoms with Crippen molar-refractivity contribution in [2.24, 2.45) is 0 Å². The van der Waals surface area contributed by atoms with Gasteiger partial charge in [0.15, 0.2) is 0 Å². The molecule has 1 aromatic heterocycles. The summed E-state index contributed by atoms with van der Waals surface area (Å²) in [7, 11) is 0. The Bertz CT molecular complexity index is 837. The normalized spacial score (nSPS) is 10.8. The molecular weight excluding hydrogens is 302 g/mol. The van der Waals surface area contributed by atoms with E-state index >= 15 is 0 Å². The van der Waals surface area contributed by atoms with Crippen LogP contribution in [0.4, 0.5) is 0 Å². The third kappa shape index (κ3) is 3.56. The van der Waals surface area contributed by atoms with E-state index in [9.17, 15) is 4.79 Å². The Morgan fingerprint density at radius 2 is 1.92 bits per heavy atom. The zero-order valence-corrected chi connectivity index (χ0v) is 14.0. The fraction of sp³-hybridized carbons (Fsp3) is 0.263. The predicted molar refractivity (Wildman–Crippen MR) is 93.9 cm³/mol. The zero-order chi connectivity index (χ0) is 16.9. The Hall–Kier alpha value is -2.82. The van der Waals surface area contributed by atoms with E-state index in [1.54, 1.807) is 4.68 Å². The molecule has 5 heteroatoms. The number of carbonyl (C=O) groups is 1. The topological polar surface area (TPSA) is 56.1 Å². The maximum absolute atomic E-state index is 12.2. The lowest BCUT2D eigenvalue weighted by molar-refractivity contribution is -0.121. The van der Waals surface area contributed by atoms with Gasteiger partial charge >= 0.3 is 0 Å². The molecule has 24 heavy (non-hydrogen) atoms. The number of hydrogen-bond donors (Lipinski definition) is 1. The number of ether oxygens (including phenoxy) is 1. The number of aryl methyl sites for hydroxylation is 1. The minimum atomic E-state index is -0.0582. The Kier molecular flexibility index (Phi) is 4.79. The van der Waals surface area contributed by atoms with Gasteiger partial charge < -0.3 is 10.1 Å². The average Bonchev–Trinajstić information content (AvgIpc) is 2.91. The molecule has 1 amide bonds. The van der Waals surface area contributed by atoms with Crippen molar-refractivity contribution in [1.29, 1.82) is 0 Å². The first-order valence-corrected chi connectivity index (χ1v) is 8.08. The van der Waals surface area contributed by atoms with Gasteiger partial charge in [-0.2, -0.15) is 5.10 Å². The summed E-state index contributed by atoms with van der Waals surface area (Å²) in [6, 6.07) is 15.7. The van der Waals surface area contributed by atoms with Gasteiger partial charge in [-0.3, -0.25) is 9.48 Å². The molecule has 0 radical (unpaired) electrons. The average molecular weight is 323 g/mol. The summed E-state index contributed by atoms with van der Waals surface area (Å²) >= 11 is 0. The second-order valence-corrected chi connectivity index (χ2v) is 5.61. The third-order valence-electron chi connectivity index (χ3n) is 3.86. The standard InChI is InChI=1S/C19H21N3O2/c1-3-24-16-10-8-15(9-11-16)12-20-19(23)13-22-18-7-5-4-6-17(18)14(2)21-22/h4-11H,3,12-13H2,1-2H3,(H,20,23). The van der Waals surface area contributed by atoms with Crippen molar-refractivity contribution in [3.8, 4) is 5.75 Å². The molecule has 0 unspecified atom stereocenters.